The van der Waals surface area contributed by atoms with E-state index in [0.717, 1.165) is 6.07 Å². The van der Waals surface area contributed by atoms with Crippen LogP contribution in [-0.2, 0) is 14.8 Å². The number of anilines is 1. The number of hydrogen-bond donors (Lipinski definition) is 1. The van der Waals surface area contributed by atoms with Gasteiger partial charge in [0.15, 0.2) is 0 Å². The molecule has 0 aliphatic heterocycles. The predicted octanol–water partition coefficient (Wildman–Crippen LogP) is 2.94. The van der Waals surface area contributed by atoms with E-state index in [-0.39, 0.29) is 21.2 Å². The van der Waals surface area contributed by atoms with Gasteiger partial charge in [0.1, 0.15) is 5.75 Å². The van der Waals surface area contributed by atoms with Crippen molar-refractivity contribution in [3.05, 3.63) is 53.1 Å². The summed E-state index contributed by atoms with van der Waals surface area (Å²) in [6.45, 7) is 0. The van der Waals surface area contributed by atoms with E-state index in [4.69, 9.17) is 16.3 Å². The average molecular weight is 356 g/mol. The fraction of sp³-hybridized carbons (Fsp3) is 0.133. The van der Waals surface area contributed by atoms with Crippen molar-refractivity contribution in [2.45, 2.75) is 4.90 Å². The molecule has 0 unspecified atom stereocenters. The first-order valence-electron chi connectivity index (χ1n) is 6.42. The molecule has 0 heterocycles. The van der Waals surface area contributed by atoms with Crippen molar-refractivity contribution in [1.82, 2.24) is 0 Å². The molecule has 2 aromatic rings. The van der Waals surface area contributed by atoms with Crippen LogP contribution in [0.2, 0.25) is 5.02 Å². The lowest BCUT2D eigenvalue weighted by Gasteiger charge is -2.12. The maximum Gasteiger partial charge on any atom is 0.339 e. The van der Waals surface area contributed by atoms with Gasteiger partial charge in [-0.1, -0.05) is 23.7 Å². The first-order chi connectivity index (χ1) is 10.9. The summed E-state index contributed by atoms with van der Waals surface area (Å²) in [6.07, 6.45) is 0. The summed E-state index contributed by atoms with van der Waals surface area (Å²) < 4.78 is 37.1. The second-order valence-corrected chi connectivity index (χ2v) is 6.53. The van der Waals surface area contributed by atoms with Crippen molar-refractivity contribution >= 4 is 33.3 Å². The Labute approximate surface area is 139 Å². The van der Waals surface area contributed by atoms with Gasteiger partial charge in [0.2, 0.25) is 0 Å². The lowest BCUT2D eigenvalue weighted by Crippen LogP contribution is -2.14. The van der Waals surface area contributed by atoms with Crippen LogP contribution >= 0.6 is 11.6 Å². The molecule has 2 aromatic carbocycles. The van der Waals surface area contributed by atoms with E-state index in [1.807, 2.05) is 0 Å². The van der Waals surface area contributed by atoms with Gasteiger partial charge in [0, 0.05) is 0 Å². The summed E-state index contributed by atoms with van der Waals surface area (Å²) >= 11 is 5.89. The zero-order valence-electron chi connectivity index (χ0n) is 12.4. The highest BCUT2D eigenvalue weighted by Crippen LogP contribution is 2.27. The Morgan fingerprint density at radius 1 is 1.13 bits per heavy atom. The van der Waals surface area contributed by atoms with E-state index < -0.39 is 16.0 Å². The molecule has 0 aliphatic carbocycles. The third-order valence-electron chi connectivity index (χ3n) is 3.00. The second kappa shape index (κ2) is 6.89. The SMILES string of the molecule is COC(=O)c1cc(S(=O)(=O)Nc2ccccc2OC)ccc1Cl. The van der Waals surface area contributed by atoms with Gasteiger partial charge in [0.25, 0.3) is 10.0 Å². The number of carbonyl (C=O) groups is 1. The standard InChI is InChI=1S/C15H14ClNO5S/c1-21-14-6-4-3-5-13(14)17-23(19,20)10-7-8-12(16)11(9-10)15(18)22-2/h3-9,17H,1-2H3. The first-order valence-corrected chi connectivity index (χ1v) is 8.29. The van der Waals surface area contributed by atoms with Crippen LogP contribution in [0.4, 0.5) is 5.69 Å². The Kier molecular flexibility index (Phi) is 5.12. The number of para-hydroxylation sites is 2. The van der Waals surface area contributed by atoms with E-state index in [0.29, 0.717) is 5.75 Å². The number of nitrogens with one attached hydrogen (secondary N) is 1. The minimum absolute atomic E-state index is 0.0305. The highest BCUT2D eigenvalue weighted by molar-refractivity contribution is 7.92. The van der Waals surface area contributed by atoms with Gasteiger partial charge in [-0.15, -0.1) is 0 Å². The Balaban J connectivity index is 2.42. The number of halogens is 1. The number of rotatable bonds is 5. The summed E-state index contributed by atoms with van der Waals surface area (Å²) in [5.41, 5.74) is 0.252. The van der Waals surface area contributed by atoms with Crippen molar-refractivity contribution in [3.8, 4) is 5.75 Å². The molecule has 0 spiro atoms. The molecule has 1 N–H and O–H groups in total. The molecule has 0 radical (unpaired) electrons. The van der Waals surface area contributed by atoms with Gasteiger partial charge in [-0.25, -0.2) is 13.2 Å². The largest absolute Gasteiger partial charge is 0.495 e. The predicted molar refractivity (Wildman–Crippen MR) is 86.6 cm³/mol. The van der Waals surface area contributed by atoms with Gasteiger partial charge >= 0.3 is 5.97 Å². The number of ether oxygens (including phenoxy) is 2. The van der Waals surface area contributed by atoms with Crippen molar-refractivity contribution in [3.63, 3.8) is 0 Å². The molecular weight excluding hydrogens is 342 g/mol. The molecule has 8 heteroatoms. The molecular formula is C15H14ClNO5S. The molecule has 0 amide bonds. The molecule has 0 saturated carbocycles. The van der Waals surface area contributed by atoms with Crippen molar-refractivity contribution < 1.29 is 22.7 Å². The van der Waals surface area contributed by atoms with Crippen molar-refractivity contribution in [2.24, 2.45) is 0 Å². The lowest BCUT2D eigenvalue weighted by molar-refractivity contribution is 0.0600. The summed E-state index contributed by atoms with van der Waals surface area (Å²) in [7, 11) is -1.30. The minimum atomic E-state index is -3.92. The maximum atomic E-state index is 12.5. The third kappa shape index (κ3) is 3.75. The van der Waals surface area contributed by atoms with Crippen LogP contribution in [-0.4, -0.2) is 28.6 Å². The Hall–Kier alpha value is -2.25. The highest BCUT2D eigenvalue weighted by Gasteiger charge is 2.20. The average Bonchev–Trinajstić information content (AvgIpc) is 2.54. The molecule has 0 atom stereocenters. The lowest BCUT2D eigenvalue weighted by atomic mass is 10.2. The molecule has 0 bridgehead atoms. The highest BCUT2D eigenvalue weighted by atomic mass is 35.5. The summed E-state index contributed by atoms with van der Waals surface area (Å²) in [5.74, 6) is -0.345. The van der Waals surface area contributed by atoms with E-state index in [9.17, 15) is 13.2 Å². The van der Waals surface area contributed by atoms with Crippen LogP contribution in [0.5, 0.6) is 5.75 Å². The fourth-order valence-electron chi connectivity index (χ4n) is 1.87. The van der Waals surface area contributed by atoms with Crippen LogP contribution in [0.25, 0.3) is 0 Å². The van der Waals surface area contributed by atoms with Crippen LogP contribution in [0.3, 0.4) is 0 Å². The number of sulfonamides is 1. The smallest absolute Gasteiger partial charge is 0.339 e. The third-order valence-corrected chi connectivity index (χ3v) is 4.70. The molecule has 2 rings (SSSR count). The molecule has 0 aliphatic rings. The molecule has 23 heavy (non-hydrogen) atoms. The molecule has 0 fully saturated rings. The Morgan fingerprint density at radius 3 is 2.48 bits per heavy atom. The topological polar surface area (TPSA) is 81.7 Å². The fourth-order valence-corrected chi connectivity index (χ4v) is 3.16. The van der Waals surface area contributed by atoms with Crippen molar-refractivity contribution in [2.75, 3.05) is 18.9 Å². The second-order valence-electron chi connectivity index (χ2n) is 4.44. The van der Waals surface area contributed by atoms with Crippen LogP contribution < -0.4 is 9.46 Å². The van der Waals surface area contributed by atoms with Gasteiger partial charge in [-0.05, 0) is 30.3 Å². The molecule has 6 nitrogen and oxygen atoms in total. The normalized spacial score (nSPS) is 10.9. The van der Waals surface area contributed by atoms with E-state index in [2.05, 4.69) is 9.46 Å². The van der Waals surface area contributed by atoms with Gasteiger partial charge < -0.3 is 9.47 Å². The Bertz CT molecular complexity index is 836. The van der Waals surface area contributed by atoms with E-state index >= 15 is 0 Å². The van der Waals surface area contributed by atoms with Gasteiger partial charge in [-0.3, -0.25) is 4.72 Å². The number of methoxy groups -OCH3 is 2. The summed E-state index contributed by atoms with van der Waals surface area (Å²) in [4.78, 5) is 11.5. The first kappa shape index (κ1) is 17.1. The monoisotopic (exact) mass is 355 g/mol. The summed E-state index contributed by atoms with van der Waals surface area (Å²) in [6, 6.07) is 10.4. The summed E-state index contributed by atoms with van der Waals surface area (Å²) in [5, 5.41) is 0.105. The van der Waals surface area contributed by atoms with Gasteiger partial charge in [0.05, 0.1) is 35.4 Å². The quantitative estimate of drug-likeness (QED) is 0.834. The number of carbonyl (C=O) groups excluding carboxylic acids is 1. The van der Waals surface area contributed by atoms with Gasteiger partial charge in [-0.2, -0.15) is 0 Å². The van der Waals surface area contributed by atoms with E-state index in [1.165, 1.54) is 26.4 Å². The number of hydrogen-bond acceptors (Lipinski definition) is 5. The number of benzene rings is 2. The molecule has 0 aromatic heterocycles. The zero-order valence-corrected chi connectivity index (χ0v) is 13.9. The minimum Gasteiger partial charge on any atom is -0.495 e. The maximum absolute atomic E-state index is 12.5. The molecule has 122 valence electrons. The zero-order chi connectivity index (χ0) is 17.0. The van der Waals surface area contributed by atoms with Crippen molar-refractivity contribution in [1.29, 1.82) is 0 Å². The van der Waals surface area contributed by atoms with Crippen LogP contribution in [0.15, 0.2) is 47.4 Å². The number of esters is 1. The van der Waals surface area contributed by atoms with Crippen LogP contribution in [0, 0.1) is 0 Å². The Morgan fingerprint density at radius 2 is 1.83 bits per heavy atom. The van der Waals surface area contributed by atoms with E-state index in [1.54, 1.807) is 24.3 Å². The van der Waals surface area contributed by atoms with Crippen LogP contribution in [0.1, 0.15) is 10.4 Å². The molecule has 0 saturated heterocycles.